The van der Waals surface area contributed by atoms with Crippen LogP contribution in [0.25, 0.3) is 55.5 Å². The molecule has 5 unspecified atom stereocenters. The summed E-state index contributed by atoms with van der Waals surface area (Å²) in [5.74, 6) is 3.10. The minimum Gasteiger partial charge on any atom is -0.508 e. The molecule has 20 nitrogen and oxygen atoms in total. The second kappa shape index (κ2) is 31.5. The largest absolute Gasteiger partial charge is 0.508 e. The number of aliphatic imine (C=N–C) groups is 2. The number of aromatic amines is 1. The summed E-state index contributed by atoms with van der Waals surface area (Å²) in [4.78, 5) is 51.7. The van der Waals surface area contributed by atoms with Crippen molar-refractivity contribution >= 4 is 44.9 Å². The molecule has 3 aliphatic heterocycles. The molecule has 0 spiro atoms. The number of nitrogens with two attached hydrogens (primary N) is 1. The Hall–Kier alpha value is -11.0. The van der Waals surface area contributed by atoms with Crippen LogP contribution in [0.4, 0.5) is 11.4 Å². The molecule has 8 aromatic carbocycles. The van der Waals surface area contributed by atoms with Gasteiger partial charge in [0.15, 0.2) is 28.2 Å². The number of phenolic OH excluding ortho intramolecular Hbond substituents is 1. The third kappa shape index (κ3) is 16.2. The van der Waals surface area contributed by atoms with Crippen LogP contribution in [0.1, 0.15) is 53.6 Å². The molecule has 1 aliphatic carbocycles. The van der Waals surface area contributed by atoms with E-state index in [1.54, 1.807) is 62.0 Å². The molecule has 11 aromatic rings. The zero-order valence-corrected chi connectivity index (χ0v) is 55.1. The maximum Gasteiger partial charge on any atom is 0.200 e. The number of H-pyrrole nitrogens is 1. The van der Waals surface area contributed by atoms with Crippen LogP contribution in [0.5, 0.6) is 28.7 Å². The Balaban J connectivity index is 0.000000128. The number of piperidine rings is 1. The third-order valence-electron chi connectivity index (χ3n) is 17.6. The lowest BCUT2D eigenvalue weighted by molar-refractivity contribution is -0.156. The van der Waals surface area contributed by atoms with Crippen LogP contribution in [-0.2, 0) is 13.0 Å². The number of ether oxygens (including phenoxy) is 4. The lowest BCUT2D eigenvalue weighted by atomic mass is 9.81. The van der Waals surface area contributed by atoms with Gasteiger partial charge in [0.2, 0.25) is 0 Å². The van der Waals surface area contributed by atoms with Crippen molar-refractivity contribution < 1.29 is 48.9 Å². The molecule has 5 atom stereocenters. The maximum atomic E-state index is 13.1. The van der Waals surface area contributed by atoms with E-state index >= 15 is 0 Å². The van der Waals surface area contributed by atoms with E-state index in [0.29, 0.717) is 88.3 Å². The molecule has 15 rings (SSSR count). The van der Waals surface area contributed by atoms with Crippen molar-refractivity contribution in [1.82, 2.24) is 19.9 Å². The molecule has 0 amide bonds. The van der Waals surface area contributed by atoms with Gasteiger partial charge in [-0.2, -0.15) is 0 Å². The summed E-state index contributed by atoms with van der Waals surface area (Å²) in [6.07, 6.45) is 2.86. The number of nitrogens with one attached hydrogen (secondary N) is 1. The van der Waals surface area contributed by atoms with Gasteiger partial charge in [-0.3, -0.25) is 9.59 Å². The van der Waals surface area contributed by atoms with Crippen LogP contribution in [-0.4, -0.2) is 136 Å². The Morgan fingerprint density at radius 1 is 0.667 bits per heavy atom. The lowest BCUT2D eigenvalue weighted by Crippen LogP contribution is -2.56. The molecule has 4 aliphatic rings. The number of phenols is 1. The number of anilines is 1. The second-order valence-electron chi connectivity index (χ2n) is 24.8. The highest BCUT2D eigenvalue weighted by molar-refractivity contribution is 6.22. The van der Waals surface area contributed by atoms with Gasteiger partial charge in [0.05, 0.1) is 46.8 Å². The number of hydrogen-bond acceptors (Lipinski definition) is 18. The number of fused-ring (bicyclic) bond motifs is 4. The summed E-state index contributed by atoms with van der Waals surface area (Å²) in [6.45, 7) is 3.46. The van der Waals surface area contributed by atoms with Gasteiger partial charge < -0.3 is 69.4 Å². The van der Waals surface area contributed by atoms with Gasteiger partial charge in [0.25, 0.3) is 0 Å². The summed E-state index contributed by atoms with van der Waals surface area (Å²) in [5.41, 5.74) is 18.7. The summed E-state index contributed by atoms with van der Waals surface area (Å²) in [6, 6.07) is 61.1. The summed E-state index contributed by atoms with van der Waals surface area (Å²) >= 11 is 0. The number of benzene rings is 8. The average molecular weight is 1330 g/mol. The number of aromatic hydroxyl groups is 1. The van der Waals surface area contributed by atoms with Gasteiger partial charge in [-0.25, -0.2) is 20.0 Å². The zero-order chi connectivity index (χ0) is 68.9. The molecular formula is C79H78N8O12. The molecule has 8 N–H and O–H groups in total. The summed E-state index contributed by atoms with van der Waals surface area (Å²) in [7, 11) is 5.53. The van der Waals surface area contributed by atoms with Crippen molar-refractivity contribution in [3.8, 4) is 62.4 Å². The molecule has 20 heteroatoms. The predicted molar refractivity (Wildman–Crippen MR) is 385 cm³/mol. The minimum absolute atomic E-state index is 0.0465. The highest BCUT2D eigenvalue weighted by Gasteiger charge is 2.43. The van der Waals surface area contributed by atoms with E-state index in [1.165, 1.54) is 37.3 Å². The quantitative estimate of drug-likeness (QED) is 0.0565. The van der Waals surface area contributed by atoms with Crippen molar-refractivity contribution in [1.29, 1.82) is 0 Å². The van der Waals surface area contributed by atoms with Gasteiger partial charge in [-0.15, -0.1) is 0 Å². The number of rotatable bonds is 13. The average Bonchev–Trinajstić information content (AvgIpc) is 1.40. The molecule has 99 heavy (non-hydrogen) atoms. The lowest BCUT2D eigenvalue weighted by Gasteiger charge is -2.39. The van der Waals surface area contributed by atoms with E-state index in [2.05, 4.69) is 54.1 Å². The molecule has 506 valence electrons. The number of methoxy groups -OCH3 is 1. The van der Waals surface area contributed by atoms with Crippen LogP contribution >= 0.6 is 0 Å². The molecule has 3 aromatic heterocycles. The first-order valence-electron chi connectivity index (χ1n) is 32.9. The van der Waals surface area contributed by atoms with E-state index in [1.807, 2.05) is 134 Å². The van der Waals surface area contributed by atoms with E-state index < -0.39 is 30.3 Å². The van der Waals surface area contributed by atoms with E-state index in [-0.39, 0.29) is 29.6 Å². The fourth-order valence-corrected chi connectivity index (χ4v) is 12.5. The van der Waals surface area contributed by atoms with Crippen LogP contribution in [0.15, 0.2) is 231 Å². The van der Waals surface area contributed by atoms with Crippen LogP contribution in [0.3, 0.4) is 0 Å². The monoisotopic (exact) mass is 1330 g/mol. The Morgan fingerprint density at radius 2 is 1.38 bits per heavy atom. The number of amidine groups is 2. The van der Waals surface area contributed by atoms with E-state index in [0.717, 1.165) is 74.8 Å². The first-order valence-corrected chi connectivity index (χ1v) is 32.9. The SMILES string of the molecule is COc1ccc2[nH]c(-c3ccccc3)c(CN(C)C)c(=O)c2c1.NC1=NC(=Nc2ccc(N3CCCCC3)cc2)c2ccccc21.O=c1c(-c2ccc3c(c2)OCCO3)coc2cc(OC3CC(CO)C(O)C(O)C3O)ccc12.Oc1cccc(Cc2cc(-c3ccccc3)ncn2)c1. The highest BCUT2D eigenvalue weighted by Crippen LogP contribution is 2.36. The van der Waals surface area contributed by atoms with Gasteiger partial charge >= 0.3 is 0 Å². The Kier molecular flexibility index (Phi) is 21.6. The number of hydrogen-bond donors (Lipinski definition) is 7. The van der Waals surface area contributed by atoms with Gasteiger partial charge in [0.1, 0.15) is 72.8 Å². The summed E-state index contributed by atoms with van der Waals surface area (Å²) in [5, 5.41) is 50.2. The maximum absolute atomic E-state index is 13.1. The predicted octanol–water partition coefficient (Wildman–Crippen LogP) is 11.3. The van der Waals surface area contributed by atoms with Crippen LogP contribution < -0.4 is 40.4 Å². The first-order chi connectivity index (χ1) is 48.2. The standard InChI is InChI=1S/C24H24O9.C19H20N4.C19H20N2O2.C17H14N2O/c25-10-13-8-20(23(28)24(29)21(13)26)33-14-2-3-15-18(9-14)32-11-16(22(15)27)12-1-4-17-19(7-12)31-6-5-30-17;20-18-16-6-2-3-7-17(16)19(22-18)21-14-8-10-15(11-9-14)23-12-4-1-5-13-23;1-21(2)12-16-18(13-7-5-4-6-8-13)20-17-10-9-14(23-3)11-15(17)19(16)22;20-16-8-4-5-13(10-16)9-15-11-17(19-12-18-15)14-6-2-1-3-7-14/h1-4,7,9,11,13,20-21,23-26,28-29H,5-6,8,10H2;2-3,6-11H,1,4-5,12-13H2,(H2,20,21,22);4-11H,12H2,1-3H3,(H,20,22);1-8,10-12,20H,9H2. The van der Waals surface area contributed by atoms with Crippen molar-refractivity contribution in [3.63, 3.8) is 0 Å². The van der Waals surface area contributed by atoms with Gasteiger partial charge in [-0.05, 0) is 141 Å². The smallest absolute Gasteiger partial charge is 0.200 e. The Labute approximate surface area is 572 Å². The van der Waals surface area contributed by atoms with Crippen LogP contribution in [0.2, 0.25) is 0 Å². The first kappa shape index (κ1) is 68.0. The molecular weight excluding hydrogens is 1250 g/mol. The highest BCUT2D eigenvalue weighted by atomic mass is 16.6. The fourth-order valence-electron chi connectivity index (χ4n) is 12.5. The molecule has 6 heterocycles. The normalized spacial score (nSPS) is 18.0. The Bertz CT molecular complexity index is 4790. The number of aliphatic hydroxyl groups is 4. The molecule has 0 radical (unpaired) electrons. The Morgan fingerprint density at radius 3 is 2.11 bits per heavy atom. The molecule has 1 saturated carbocycles. The van der Waals surface area contributed by atoms with E-state index in [4.69, 9.17) is 29.1 Å². The van der Waals surface area contributed by atoms with Crippen LogP contribution in [0, 0.1) is 5.92 Å². The van der Waals surface area contributed by atoms with Crippen molar-refractivity contribution in [3.05, 3.63) is 255 Å². The number of aliphatic hydroxyl groups excluding tert-OH is 4. The van der Waals surface area contributed by atoms with Crippen molar-refractivity contribution in [2.45, 2.75) is 63.1 Å². The third-order valence-corrected chi connectivity index (χ3v) is 17.6. The topological polar surface area (TPSA) is 284 Å². The number of nitrogens with zero attached hydrogens (tertiary/aromatic N) is 6. The van der Waals surface area contributed by atoms with E-state index in [9.17, 15) is 35.1 Å². The summed E-state index contributed by atoms with van der Waals surface area (Å²) < 4.78 is 27.9. The van der Waals surface area contributed by atoms with Gasteiger partial charge in [0, 0.05) is 83.7 Å². The molecule has 1 saturated heterocycles. The van der Waals surface area contributed by atoms with Crippen molar-refractivity contribution in [2.75, 3.05) is 59.0 Å². The fraction of sp³-hybridized carbons (Fsp3) is 0.241. The number of pyridine rings is 1. The molecule has 0 bridgehead atoms. The minimum atomic E-state index is -1.44. The van der Waals surface area contributed by atoms with Crippen molar-refractivity contribution in [2.24, 2.45) is 21.6 Å². The second-order valence-corrected chi connectivity index (χ2v) is 24.8. The molecule has 2 fully saturated rings. The number of aromatic nitrogens is 3. The zero-order valence-electron chi connectivity index (χ0n) is 55.1. The van der Waals surface area contributed by atoms with Gasteiger partial charge in [-0.1, -0.05) is 103 Å².